The summed E-state index contributed by atoms with van der Waals surface area (Å²) in [4.78, 5) is 77.7. The lowest BCUT2D eigenvalue weighted by Crippen LogP contribution is -2.45. The molecule has 0 saturated carbocycles. The van der Waals surface area contributed by atoms with Crippen molar-refractivity contribution in [2.45, 2.75) is 122 Å². The average molecular weight is 1950 g/mol. The molecule has 11 rings (SSSR count). The van der Waals surface area contributed by atoms with E-state index in [1.54, 1.807) is 79.7 Å². The summed E-state index contributed by atoms with van der Waals surface area (Å²) in [6, 6.07) is 53.6. The van der Waals surface area contributed by atoms with Crippen molar-refractivity contribution in [3.63, 3.8) is 0 Å². The third kappa shape index (κ3) is 36.5. The molecule has 0 spiro atoms. The van der Waals surface area contributed by atoms with Crippen LogP contribution in [0.1, 0.15) is 160 Å². The minimum absolute atomic E-state index is 0.0558. The minimum atomic E-state index is -4.45. The third-order valence-electron chi connectivity index (χ3n) is 22.5. The van der Waals surface area contributed by atoms with Gasteiger partial charge in [-0.05, 0) is 314 Å². The molecule has 0 unspecified atom stereocenters. The van der Waals surface area contributed by atoms with Gasteiger partial charge in [-0.2, -0.15) is 13.2 Å². The number of halogens is 7. The van der Waals surface area contributed by atoms with Crippen LogP contribution in [0.5, 0.6) is 34.5 Å². The van der Waals surface area contributed by atoms with E-state index in [2.05, 4.69) is 85.8 Å². The molecule has 1 saturated heterocycles. The number of benzene rings is 10. The Labute approximate surface area is 823 Å². The Bertz CT molecular complexity index is 5540. The zero-order chi connectivity index (χ0) is 99.7. The van der Waals surface area contributed by atoms with Crippen molar-refractivity contribution < 1.29 is 65.6 Å². The Morgan fingerprint density at radius 3 is 1.02 bits per heavy atom. The Morgan fingerprint density at radius 1 is 0.353 bits per heavy atom. The van der Waals surface area contributed by atoms with Gasteiger partial charge in [0.05, 0.1) is 47.6 Å². The molecule has 1 heterocycles. The van der Waals surface area contributed by atoms with Crippen molar-refractivity contribution in [2.24, 2.45) is 0 Å². The molecule has 10 aromatic carbocycles. The molecule has 0 aliphatic carbocycles. The van der Waals surface area contributed by atoms with Gasteiger partial charge in [0.15, 0.2) is 0 Å². The predicted molar refractivity (Wildman–Crippen MR) is 550 cm³/mol. The van der Waals surface area contributed by atoms with Crippen LogP contribution in [0.25, 0.3) is 0 Å². The van der Waals surface area contributed by atoms with Crippen molar-refractivity contribution in [1.82, 2.24) is 34.7 Å². The summed E-state index contributed by atoms with van der Waals surface area (Å²) in [6.45, 7) is 42.6. The van der Waals surface area contributed by atoms with Gasteiger partial charge in [0, 0.05) is 108 Å². The number of anilines is 4. The van der Waals surface area contributed by atoms with E-state index < -0.39 is 17.6 Å². The largest absolute Gasteiger partial charge is 0.493 e. The molecular formula is C107H136Cl4F3N11O11. The number of carbonyl (C=O) groups excluding carboxylic acids is 5. The van der Waals surface area contributed by atoms with Gasteiger partial charge in [0.2, 0.25) is 0 Å². The maximum atomic E-state index is 13.1. The molecule has 29 heteroatoms. The SMILES string of the molecule is CCN(CC)CCCOc1cccc(C)c1C(=O)Nc1ccc(Cl)c(C)c1.CCN(CC)CCOc1cccc(C)c1C(=O)Nc1ccc(Cl)c(C)c1.CCOc1cccc(OCCN(C)C)c1C(=O)NCc1ccc(C)c(C(F)(F)F)c1.Cc1cc(NC(=O)c2c(C)cccc2OCCCN(C)C)ccc1Cl.Cc1cc(NC(=O)c2c(C)cccc2OCCN2CCN(C)CC2)ccc1Cl. The summed E-state index contributed by atoms with van der Waals surface area (Å²) in [6.07, 6.45) is -2.62. The molecule has 5 amide bonds. The van der Waals surface area contributed by atoms with Gasteiger partial charge in [-0.25, -0.2) is 0 Å². The van der Waals surface area contributed by atoms with Gasteiger partial charge in [-0.1, -0.05) is 141 Å². The van der Waals surface area contributed by atoms with Gasteiger partial charge < -0.3 is 79.5 Å². The number of likely N-dealkylation sites (N-methyl/N-ethyl adjacent to an activating group) is 3. The quantitative estimate of drug-likeness (QED) is 0.0226. The van der Waals surface area contributed by atoms with Gasteiger partial charge in [0.1, 0.15) is 59.9 Å². The molecule has 136 heavy (non-hydrogen) atoms. The highest BCUT2D eigenvalue weighted by Gasteiger charge is 2.33. The van der Waals surface area contributed by atoms with E-state index >= 15 is 0 Å². The lowest BCUT2D eigenvalue weighted by molar-refractivity contribution is -0.138. The van der Waals surface area contributed by atoms with Crippen LogP contribution in [-0.4, -0.2) is 219 Å². The summed E-state index contributed by atoms with van der Waals surface area (Å²) in [7, 11) is 10.0. The second kappa shape index (κ2) is 57.3. The van der Waals surface area contributed by atoms with E-state index in [4.69, 9.17) is 74.8 Å². The Kier molecular flexibility index (Phi) is 47.2. The topological polar surface area (TPSA) is 220 Å². The summed E-state index contributed by atoms with van der Waals surface area (Å²) < 4.78 is 74.5. The first-order chi connectivity index (χ1) is 64.9. The zero-order valence-electron chi connectivity index (χ0n) is 82.2. The zero-order valence-corrected chi connectivity index (χ0v) is 85.2. The fourth-order valence-corrected chi connectivity index (χ4v) is 14.9. The van der Waals surface area contributed by atoms with E-state index in [9.17, 15) is 37.1 Å². The molecule has 0 aromatic heterocycles. The van der Waals surface area contributed by atoms with E-state index in [-0.39, 0.29) is 41.3 Å². The number of carbonyl (C=O) groups is 5. The van der Waals surface area contributed by atoms with E-state index in [1.807, 2.05) is 186 Å². The maximum absolute atomic E-state index is 13.1. The normalized spacial score (nSPS) is 11.9. The fraction of sp³-hybridized carbons (Fsp3) is 0.393. The number of ether oxygens (including phenoxy) is 6. The number of piperazine rings is 1. The lowest BCUT2D eigenvalue weighted by atomic mass is 10.0. The van der Waals surface area contributed by atoms with Crippen LogP contribution in [0.15, 0.2) is 182 Å². The molecular weight excluding hydrogens is 1810 g/mol. The predicted octanol–water partition coefficient (Wildman–Crippen LogP) is 22.9. The molecule has 1 fully saturated rings. The summed E-state index contributed by atoms with van der Waals surface area (Å²) in [5, 5.41) is 17.2. The molecule has 1 aliphatic heterocycles. The van der Waals surface area contributed by atoms with Crippen molar-refractivity contribution in [3.8, 4) is 34.5 Å². The smallest absolute Gasteiger partial charge is 0.416 e. The number of rotatable bonds is 39. The van der Waals surface area contributed by atoms with Gasteiger partial charge in [-0.3, -0.25) is 28.9 Å². The molecule has 0 bridgehead atoms. The molecule has 22 nitrogen and oxygen atoms in total. The number of aryl methyl sites for hydroxylation is 9. The average Bonchev–Trinajstić information content (AvgIpc) is 0.825. The first-order valence-corrected chi connectivity index (χ1v) is 47.6. The molecule has 0 atom stereocenters. The van der Waals surface area contributed by atoms with E-state index in [0.29, 0.717) is 140 Å². The van der Waals surface area contributed by atoms with Crippen LogP contribution in [0, 0.1) is 62.3 Å². The second-order valence-corrected chi connectivity index (χ2v) is 35.2. The molecule has 734 valence electrons. The van der Waals surface area contributed by atoms with Gasteiger partial charge in [-0.15, -0.1) is 0 Å². The monoisotopic (exact) mass is 1950 g/mol. The van der Waals surface area contributed by atoms with Gasteiger partial charge in [0.25, 0.3) is 29.5 Å². The van der Waals surface area contributed by atoms with Crippen LogP contribution in [0.2, 0.25) is 20.1 Å². The summed E-state index contributed by atoms with van der Waals surface area (Å²) in [5.74, 6) is 2.01. The first kappa shape index (κ1) is 112. The number of nitrogens with zero attached hydrogens (tertiary/aromatic N) is 6. The van der Waals surface area contributed by atoms with Gasteiger partial charge >= 0.3 is 6.18 Å². The van der Waals surface area contributed by atoms with Crippen LogP contribution < -0.4 is 55.0 Å². The second-order valence-electron chi connectivity index (χ2n) is 33.6. The molecule has 10 aromatic rings. The standard InChI is InChI=1S/C22H28ClN3O2.C22H29ClN2O2.C22H27F3N2O3.C21H27ClN2O2.C20H25ClN2O2/c1-16-5-4-6-20(28-14-13-26-11-9-25(3)10-12-26)21(16)22(27)24-18-7-8-19(23)17(2)15-18;1-5-25(6-2)13-8-14-27-20-10-7-9-16(3)21(20)22(26)24-18-11-12-19(23)17(4)15-18;1-5-29-18-7-6-8-19(30-12-11-27(3)4)20(18)21(28)26-14-16-10-9-15(2)17(13-16)22(23,24)25;1-5-24(6-2)12-13-26-19-9-7-8-15(3)20(19)21(25)23-17-10-11-18(22)16(4)14-17;1-14-7-5-8-18(25-12-6-11-23(3)4)19(14)20(24)22-16-9-10-17(21)15(2)13-16/h4-8,15H,9-14H2,1-3H3,(H,24,27);7,9-12,15H,5-6,8,13-14H2,1-4H3,(H,24,26);6-10,13H,5,11-12,14H2,1-4H3,(H,26,28);7-11,14H,5-6,12-13H2,1-4H3,(H,23,25);5,7-10,13H,6,11-12H2,1-4H3,(H,22,24). The number of nitrogens with one attached hydrogen (secondary N) is 5. The molecule has 1 aliphatic rings. The van der Waals surface area contributed by atoms with E-state index in [1.165, 1.54) is 13.0 Å². The third-order valence-corrected chi connectivity index (χ3v) is 24.2. The highest BCUT2D eigenvalue weighted by atomic mass is 35.5. The number of amides is 5. The number of hydrogen-bond donors (Lipinski definition) is 5. The molecule has 5 N–H and O–H groups in total. The van der Waals surface area contributed by atoms with Crippen LogP contribution in [0.4, 0.5) is 35.9 Å². The van der Waals surface area contributed by atoms with Crippen molar-refractivity contribution in [2.75, 3.05) is 181 Å². The molecule has 0 radical (unpaired) electrons. The van der Waals surface area contributed by atoms with Crippen LogP contribution in [0.3, 0.4) is 0 Å². The van der Waals surface area contributed by atoms with Crippen molar-refractivity contribution in [1.29, 1.82) is 0 Å². The highest BCUT2D eigenvalue weighted by molar-refractivity contribution is 6.32. The van der Waals surface area contributed by atoms with Crippen molar-refractivity contribution >= 4 is 98.7 Å². The Hall–Kier alpha value is -10.9. The Balaban J connectivity index is 0.000000232. The fourth-order valence-electron chi connectivity index (χ4n) is 14.5. The number of hydrogen-bond acceptors (Lipinski definition) is 17. The number of alkyl halides is 3. The maximum Gasteiger partial charge on any atom is 0.416 e. The summed E-state index contributed by atoms with van der Waals surface area (Å²) in [5.41, 5.74) is 12.4. The van der Waals surface area contributed by atoms with Crippen LogP contribution >= 0.6 is 46.4 Å². The lowest BCUT2D eigenvalue weighted by Gasteiger charge is -2.32. The Morgan fingerprint density at radius 2 is 0.676 bits per heavy atom. The highest BCUT2D eigenvalue weighted by Crippen LogP contribution is 2.36. The summed E-state index contributed by atoms with van der Waals surface area (Å²) >= 11 is 24.2. The van der Waals surface area contributed by atoms with Crippen LogP contribution in [-0.2, 0) is 12.7 Å². The first-order valence-electron chi connectivity index (χ1n) is 46.1. The van der Waals surface area contributed by atoms with Crippen molar-refractivity contribution in [3.05, 3.63) is 291 Å². The van der Waals surface area contributed by atoms with E-state index in [0.717, 1.165) is 153 Å². The minimum Gasteiger partial charge on any atom is -0.493 e.